The normalized spacial score (nSPS) is 14.9. The second kappa shape index (κ2) is 8.32. The standard InChI is InChI=1S/C22H28N6O2S/c1-16(2)19-15-23-28-21(14-20(25-22(19)28)27-12-6-5-7-13-27)24-17-8-10-18(11-9-17)31(29,30)26(3)4/h8-11,14-15,24H,1,5-7,12-13H2,2-4H3. The van der Waals surface area contributed by atoms with Gasteiger partial charge in [0.1, 0.15) is 11.6 Å². The Hall–Kier alpha value is -2.91. The monoisotopic (exact) mass is 440 g/mol. The molecular weight excluding hydrogens is 412 g/mol. The van der Waals surface area contributed by atoms with Crippen LogP contribution in [0.5, 0.6) is 0 Å². The van der Waals surface area contributed by atoms with Gasteiger partial charge in [0.2, 0.25) is 10.0 Å². The molecule has 0 atom stereocenters. The van der Waals surface area contributed by atoms with Crippen LogP contribution in [0.2, 0.25) is 0 Å². The van der Waals surface area contributed by atoms with Gasteiger partial charge in [0.05, 0.1) is 11.1 Å². The molecule has 0 saturated carbocycles. The molecule has 1 fully saturated rings. The molecule has 164 valence electrons. The van der Waals surface area contributed by atoms with E-state index >= 15 is 0 Å². The molecule has 1 saturated heterocycles. The summed E-state index contributed by atoms with van der Waals surface area (Å²) in [4.78, 5) is 7.44. The zero-order valence-corrected chi connectivity index (χ0v) is 19.0. The fourth-order valence-corrected chi connectivity index (χ4v) is 4.60. The molecule has 8 nitrogen and oxygen atoms in total. The van der Waals surface area contributed by atoms with Gasteiger partial charge in [-0.2, -0.15) is 9.61 Å². The van der Waals surface area contributed by atoms with E-state index in [1.165, 1.54) is 24.8 Å². The molecule has 1 aliphatic rings. The van der Waals surface area contributed by atoms with Crippen LogP contribution in [0, 0.1) is 0 Å². The van der Waals surface area contributed by atoms with Crippen molar-refractivity contribution in [1.29, 1.82) is 0 Å². The third-order valence-electron chi connectivity index (χ3n) is 5.50. The minimum absolute atomic E-state index is 0.251. The van der Waals surface area contributed by atoms with Gasteiger partial charge >= 0.3 is 0 Å². The fraction of sp³-hybridized carbons (Fsp3) is 0.364. The summed E-state index contributed by atoms with van der Waals surface area (Å²) in [7, 11) is -0.423. The first-order chi connectivity index (χ1) is 14.8. The van der Waals surface area contributed by atoms with E-state index in [4.69, 9.17) is 4.98 Å². The summed E-state index contributed by atoms with van der Waals surface area (Å²) in [6, 6.07) is 8.71. The Labute approximate surface area is 183 Å². The minimum atomic E-state index is -3.47. The Morgan fingerprint density at radius 1 is 1.13 bits per heavy atom. The molecule has 0 spiro atoms. The summed E-state index contributed by atoms with van der Waals surface area (Å²) in [5, 5.41) is 7.89. The van der Waals surface area contributed by atoms with E-state index in [-0.39, 0.29) is 4.90 Å². The summed E-state index contributed by atoms with van der Waals surface area (Å²) in [5.41, 5.74) is 3.34. The van der Waals surface area contributed by atoms with Crippen molar-refractivity contribution in [3.8, 4) is 0 Å². The van der Waals surface area contributed by atoms with E-state index in [1.54, 1.807) is 35.0 Å². The topological polar surface area (TPSA) is 82.8 Å². The van der Waals surface area contributed by atoms with Crippen molar-refractivity contribution in [2.24, 2.45) is 0 Å². The third-order valence-corrected chi connectivity index (χ3v) is 7.33. The quantitative estimate of drug-likeness (QED) is 0.629. The molecule has 0 aliphatic carbocycles. The van der Waals surface area contributed by atoms with Crippen molar-refractivity contribution in [2.75, 3.05) is 37.4 Å². The van der Waals surface area contributed by atoms with Gasteiger partial charge in [-0.05, 0) is 56.0 Å². The number of benzene rings is 1. The van der Waals surface area contributed by atoms with Gasteiger partial charge in [-0.3, -0.25) is 0 Å². The van der Waals surface area contributed by atoms with Gasteiger partial charge in [-0.15, -0.1) is 0 Å². The van der Waals surface area contributed by atoms with Crippen LogP contribution in [0.4, 0.5) is 17.3 Å². The van der Waals surface area contributed by atoms with Crippen LogP contribution in [0.1, 0.15) is 31.7 Å². The number of nitrogens with zero attached hydrogens (tertiary/aromatic N) is 5. The summed E-state index contributed by atoms with van der Waals surface area (Å²) in [5.74, 6) is 1.67. The Morgan fingerprint density at radius 3 is 2.42 bits per heavy atom. The Kier molecular flexibility index (Phi) is 5.72. The summed E-state index contributed by atoms with van der Waals surface area (Å²) >= 11 is 0. The van der Waals surface area contributed by atoms with Crippen LogP contribution in [0.3, 0.4) is 0 Å². The highest BCUT2D eigenvalue weighted by molar-refractivity contribution is 7.89. The number of anilines is 3. The van der Waals surface area contributed by atoms with Crippen LogP contribution in [0.25, 0.3) is 11.2 Å². The Morgan fingerprint density at radius 2 is 1.81 bits per heavy atom. The highest BCUT2D eigenvalue weighted by Gasteiger charge is 2.19. The number of fused-ring (bicyclic) bond motifs is 1. The molecule has 0 bridgehead atoms. The van der Waals surface area contributed by atoms with Gasteiger partial charge in [-0.25, -0.2) is 17.7 Å². The highest BCUT2D eigenvalue weighted by atomic mass is 32.2. The maximum absolute atomic E-state index is 12.3. The van der Waals surface area contributed by atoms with Crippen LogP contribution >= 0.6 is 0 Å². The van der Waals surface area contributed by atoms with Gasteiger partial charge < -0.3 is 10.2 Å². The second-order valence-corrected chi connectivity index (χ2v) is 10.2. The Balaban J connectivity index is 1.73. The first-order valence-corrected chi connectivity index (χ1v) is 11.8. The molecule has 1 N–H and O–H groups in total. The average Bonchev–Trinajstić information content (AvgIpc) is 3.19. The van der Waals surface area contributed by atoms with Crippen molar-refractivity contribution in [3.63, 3.8) is 0 Å². The molecule has 0 unspecified atom stereocenters. The number of nitrogens with one attached hydrogen (secondary N) is 1. The first kappa shape index (κ1) is 21.3. The lowest BCUT2D eigenvalue weighted by Gasteiger charge is -2.28. The molecule has 0 amide bonds. The van der Waals surface area contributed by atoms with Crippen molar-refractivity contribution >= 4 is 38.6 Å². The third kappa shape index (κ3) is 4.15. The molecule has 31 heavy (non-hydrogen) atoms. The maximum atomic E-state index is 12.3. The highest BCUT2D eigenvalue weighted by Crippen LogP contribution is 2.28. The Bertz CT molecular complexity index is 1210. The lowest BCUT2D eigenvalue weighted by molar-refractivity contribution is 0.521. The average molecular weight is 441 g/mol. The second-order valence-electron chi connectivity index (χ2n) is 8.06. The SMILES string of the molecule is C=C(C)c1cnn2c(Nc3ccc(S(=O)(=O)N(C)C)cc3)cc(N3CCCCC3)nc12. The van der Waals surface area contributed by atoms with E-state index in [0.29, 0.717) is 0 Å². The molecule has 3 aromatic rings. The molecule has 1 aliphatic heterocycles. The first-order valence-electron chi connectivity index (χ1n) is 10.4. The van der Waals surface area contributed by atoms with E-state index in [1.807, 2.05) is 13.0 Å². The van der Waals surface area contributed by atoms with Crippen LogP contribution in [-0.4, -0.2) is 54.5 Å². The van der Waals surface area contributed by atoms with E-state index in [9.17, 15) is 8.42 Å². The molecule has 0 radical (unpaired) electrons. The van der Waals surface area contributed by atoms with Crippen molar-refractivity contribution in [1.82, 2.24) is 18.9 Å². The molecule has 3 heterocycles. The number of rotatable bonds is 6. The zero-order valence-electron chi connectivity index (χ0n) is 18.2. The van der Waals surface area contributed by atoms with Crippen molar-refractivity contribution in [3.05, 3.63) is 48.7 Å². The number of piperidine rings is 1. The summed E-state index contributed by atoms with van der Waals surface area (Å²) in [6.07, 6.45) is 5.34. The number of hydrogen-bond donors (Lipinski definition) is 1. The van der Waals surface area contributed by atoms with Gasteiger partial charge in [-0.1, -0.05) is 6.58 Å². The van der Waals surface area contributed by atoms with Crippen LogP contribution in [0.15, 0.2) is 48.0 Å². The van der Waals surface area contributed by atoms with Gasteiger partial charge in [0.25, 0.3) is 0 Å². The van der Waals surface area contributed by atoms with E-state index in [2.05, 4.69) is 21.9 Å². The van der Waals surface area contributed by atoms with Crippen LogP contribution in [-0.2, 0) is 10.0 Å². The zero-order chi connectivity index (χ0) is 22.2. The molecule has 1 aromatic carbocycles. The van der Waals surface area contributed by atoms with Crippen LogP contribution < -0.4 is 10.2 Å². The summed E-state index contributed by atoms with van der Waals surface area (Å²) in [6.45, 7) is 7.97. The molecule has 4 rings (SSSR count). The van der Waals surface area contributed by atoms with Crippen molar-refractivity contribution < 1.29 is 8.42 Å². The molecule has 9 heteroatoms. The maximum Gasteiger partial charge on any atom is 0.242 e. The lowest BCUT2D eigenvalue weighted by atomic mass is 10.1. The van der Waals surface area contributed by atoms with E-state index in [0.717, 1.165) is 60.0 Å². The number of aromatic nitrogens is 3. The molecular formula is C22H28N6O2S. The minimum Gasteiger partial charge on any atom is -0.356 e. The van der Waals surface area contributed by atoms with Gasteiger partial charge in [0.15, 0.2) is 5.65 Å². The predicted molar refractivity (Wildman–Crippen MR) is 124 cm³/mol. The van der Waals surface area contributed by atoms with Gasteiger partial charge in [0, 0.05) is 44.5 Å². The number of allylic oxidation sites excluding steroid dienone is 1. The van der Waals surface area contributed by atoms with Crippen molar-refractivity contribution in [2.45, 2.75) is 31.1 Å². The number of hydrogen-bond acceptors (Lipinski definition) is 6. The summed E-state index contributed by atoms with van der Waals surface area (Å²) < 4.78 is 27.6. The largest absolute Gasteiger partial charge is 0.356 e. The predicted octanol–water partition coefficient (Wildman–Crippen LogP) is 3.75. The fourth-order valence-electron chi connectivity index (χ4n) is 3.69. The number of sulfonamides is 1. The lowest BCUT2D eigenvalue weighted by Crippen LogP contribution is -2.30. The molecule has 2 aromatic heterocycles. The van der Waals surface area contributed by atoms with E-state index < -0.39 is 10.0 Å². The smallest absolute Gasteiger partial charge is 0.242 e.